The molecular formula is C24H32F2N2O2. The molecule has 0 bridgehead atoms. The zero-order valence-electron chi connectivity index (χ0n) is 18.1. The van der Waals surface area contributed by atoms with Crippen molar-refractivity contribution in [2.75, 3.05) is 6.54 Å². The smallest absolute Gasteiger partial charge is 0.217 e. The van der Waals surface area contributed by atoms with Crippen LogP contribution >= 0.6 is 0 Å². The maximum atomic E-state index is 13.5. The molecule has 164 valence electrons. The lowest BCUT2D eigenvalue weighted by Crippen LogP contribution is -2.48. The number of rotatable bonds is 9. The molecular weight excluding hydrogens is 386 g/mol. The third-order valence-corrected chi connectivity index (χ3v) is 4.64. The third kappa shape index (κ3) is 8.59. The molecule has 2 aromatic carbocycles. The van der Waals surface area contributed by atoms with Gasteiger partial charge >= 0.3 is 0 Å². The van der Waals surface area contributed by atoms with Crippen LogP contribution in [0.25, 0.3) is 0 Å². The van der Waals surface area contributed by atoms with E-state index in [1.807, 2.05) is 12.1 Å². The van der Waals surface area contributed by atoms with Gasteiger partial charge in [-0.25, -0.2) is 8.78 Å². The van der Waals surface area contributed by atoms with Crippen LogP contribution in [-0.4, -0.2) is 29.7 Å². The molecule has 3 N–H and O–H groups in total. The fourth-order valence-electron chi connectivity index (χ4n) is 3.50. The lowest BCUT2D eigenvalue weighted by molar-refractivity contribution is -0.120. The van der Waals surface area contributed by atoms with Crippen LogP contribution in [0.3, 0.4) is 0 Å². The van der Waals surface area contributed by atoms with Crippen LogP contribution in [-0.2, 0) is 24.2 Å². The molecule has 0 saturated carbocycles. The molecule has 0 aliphatic heterocycles. The highest BCUT2D eigenvalue weighted by Crippen LogP contribution is 2.21. The van der Waals surface area contributed by atoms with Gasteiger partial charge in [0.2, 0.25) is 5.91 Å². The molecule has 6 heteroatoms. The van der Waals surface area contributed by atoms with E-state index in [-0.39, 0.29) is 24.3 Å². The number of nitrogens with one attached hydrogen (secondary N) is 2. The van der Waals surface area contributed by atoms with Gasteiger partial charge in [-0.1, -0.05) is 45.0 Å². The predicted molar refractivity (Wildman–Crippen MR) is 115 cm³/mol. The van der Waals surface area contributed by atoms with Crippen molar-refractivity contribution < 1.29 is 18.7 Å². The summed E-state index contributed by atoms with van der Waals surface area (Å²) < 4.78 is 26.9. The standard InChI is InChI=1S/C24H32F2N2O2/c1-16(29)28-22(11-19-9-20(25)12-21(26)10-19)23(30)15-27-14-18-7-5-6-17(8-18)13-24(2,3)4/h5-10,12,22-23,27,30H,11,13-15H2,1-4H3,(H,28,29)/t22-,23+/m0/s1. The quantitative estimate of drug-likeness (QED) is 0.581. The number of aliphatic hydroxyl groups is 1. The Kier molecular flexibility index (Phi) is 8.50. The lowest BCUT2D eigenvalue weighted by atomic mass is 9.88. The average molecular weight is 419 g/mol. The Hall–Kier alpha value is -2.31. The average Bonchev–Trinajstić information content (AvgIpc) is 2.58. The molecule has 0 spiro atoms. The largest absolute Gasteiger partial charge is 0.390 e. The SMILES string of the molecule is CC(=O)N[C@@H](Cc1cc(F)cc(F)c1)[C@H](O)CNCc1cccc(CC(C)(C)C)c1. The Morgan fingerprint density at radius 1 is 1.03 bits per heavy atom. The van der Waals surface area contributed by atoms with Crippen molar-refractivity contribution in [3.63, 3.8) is 0 Å². The van der Waals surface area contributed by atoms with Crippen molar-refractivity contribution in [1.82, 2.24) is 10.6 Å². The molecule has 2 atom stereocenters. The normalized spacial score (nSPS) is 13.7. The fourth-order valence-corrected chi connectivity index (χ4v) is 3.50. The highest BCUT2D eigenvalue weighted by molar-refractivity contribution is 5.73. The number of aliphatic hydroxyl groups excluding tert-OH is 1. The van der Waals surface area contributed by atoms with Crippen LogP contribution in [0, 0.1) is 17.0 Å². The highest BCUT2D eigenvalue weighted by atomic mass is 19.1. The maximum absolute atomic E-state index is 13.5. The summed E-state index contributed by atoms with van der Waals surface area (Å²) in [6, 6.07) is 10.8. The zero-order valence-corrected chi connectivity index (χ0v) is 18.1. The minimum absolute atomic E-state index is 0.123. The Morgan fingerprint density at radius 2 is 1.67 bits per heavy atom. The van der Waals surface area contributed by atoms with Crippen molar-refractivity contribution in [3.05, 3.63) is 70.8 Å². The van der Waals surface area contributed by atoms with Crippen molar-refractivity contribution in [2.24, 2.45) is 5.41 Å². The molecule has 0 aromatic heterocycles. The first-order valence-electron chi connectivity index (χ1n) is 10.2. The summed E-state index contributed by atoms with van der Waals surface area (Å²) in [5.74, 6) is -1.69. The zero-order chi connectivity index (χ0) is 22.3. The van der Waals surface area contributed by atoms with Gasteiger partial charge in [0, 0.05) is 26.1 Å². The summed E-state index contributed by atoms with van der Waals surface area (Å²) in [4.78, 5) is 11.5. The van der Waals surface area contributed by atoms with Crippen LogP contribution in [0.2, 0.25) is 0 Å². The molecule has 2 rings (SSSR count). The number of halogens is 2. The van der Waals surface area contributed by atoms with Gasteiger partial charge in [-0.15, -0.1) is 0 Å². The highest BCUT2D eigenvalue weighted by Gasteiger charge is 2.21. The Bertz CT molecular complexity index is 829. The summed E-state index contributed by atoms with van der Waals surface area (Å²) in [6.07, 6.45) is 0.175. The minimum atomic E-state index is -0.919. The van der Waals surface area contributed by atoms with Crippen LogP contribution in [0.5, 0.6) is 0 Å². The Balaban J connectivity index is 1.96. The molecule has 0 heterocycles. The number of hydrogen-bond donors (Lipinski definition) is 3. The van der Waals surface area contributed by atoms with Crippen molar-refractivity contribution >= 4 is 5.91 Å². The maximum Gasteiger partial charge on any atom is 0.217 e. The molecule has 0 unspecified atom stereocenters. The van der Waals surface area contributed by atoms with E-state index in [1.165, 1.54) is 24.6 Å². The fraction of sp³-hybridized carbons (Fsp3) is 0.458. The molecule has 0 aliphatic carbocycles. The predicted octanol–water partition coefficient (Wildman–Crippen LogP) is 3.75. The molecule has 0 radical (unpaired) electrons. The number of carbonyl (C=O) groups excluding carboxylic acids is 1. The first-order valence-corrected chi connectivity index (χ1v) is 10.2. The van der Waals surface area contributed by atoms with E-state index in [0.29, 0.717) is 12.1 Å². The summed E-state index contributed by atoms with van der Waals surface area (Å²) in [6.45, 7) is 8.73. The van der Waals surface area contributed by atoms with Crippen molar-refractivity contribution in [3.8, 4) is 0 Å². The monoisotopic (exact) mass is 418 g/mol. The van der Waals surface area contributed by atoms with Gasteiger partial charge in [0.15, 0.2) is 0 Å². The second-order valence-electron chi connectivity index (χ2n) is 9.04. The molecule has 1 amide bonds. The van der Waals surface area contributed by atoms with E-state index in [2.05, 4.69) is 43.5 Å². The van der Waals surface area contributed by atoms with E-state index < -0.39 is 23.8 Å². The van der Waals surface area contributed by atoms with Crippen molar-refractivity contribution in [1.29, 1.82) is 0 Å². The van der Waals surface area contributed by atoms with Crippen LogP contribution in [0.15, 0.2) is 42.5 Å². The summed E-state index contributed by atoms with van der Waals surface area (Å²) in [5, 5.41) is 16.5. The number of hydrogen-bond acceptors (Lipinski definition) is 3. The first-order chi connectivity index (χ1) is 14.0. The number of carbonyl (C=O) groups is 1. The van der Waals surface area contributed by atoms with Gasteiger partial charge in [-0.2, -0.15) is 0 Å². The third-order valence-electron chi connectivity index (χ3n) is 4.64. The number of benzene rings is 2. The van der Waals surface area contributed by atoms with Gasteiger partial charge in [-0.05, 0) is 47.1 Å². The van der Waals surface area contributed by atoms with Crippen LogP contribution in [0.1, 0.15) is 44.4 Å². The first kappa shape index (κ1) is 24.0. The summed E-state index contributed by atoms with van der Waals surface area (Å²) in [5.41, 5.74) is 2.93. The lowest BCUT2D eigenvalue weighted by Gasteiger charge is -2.24. The van der Waals surface area contributed by atoms with Gasteiger partial charge in [0.1, 0.15) is 11.6 Å². The van der Waals surface area contributed by atoms with E-state index in [0.717, 1.165) is 18.1 Å². The molecule has 0 aliphatic rings. The van der Waals surface area contributed by atoms with Crippen LogP contribution in [0.4, 0.5) is 8.78 Å². The molecule has 2 aromatic rings. The Labute approximate surface area is 177 Å². The van der Waals surface area contributed by atoms with Gasteiger partial charge in [-0.3, -0.25) is 4.79 Å². The Morgan fingerprint density at radius 3 is 2.27 bits per heavy atom. The molecule has 0 saturated heterocycles. The molecule has 0 fully saturated rings. The van der Waals surface area contributed by atoms with E-state index in [4.69, 9.17) is 0 Å². The van der Waals surface area contributed by atoms with Gasteiger partial charge in [0.25, 0.3) is 0 Å². The van der Waals surface area contributed by atoms with E-state index in [9.17, 15) is 18.7 Å². The van der Waals surface area contributed by atoms with E-state index in [1.54, 1.807) is 0 Å². The molecule has 30 heavy (non-hydrogen) atoms. The van der Waals surface area contributed by atoms with Gasteiger partial charge in [0.05, 0.1) is 12.1 Å². The van der Waals surface area contributed by atoms with Gasteiger partial charge < -0.3 is 15.7 Å². The second-order valence-corrected chi connectivity index (χ2v) is 9.04. The topological polar surface area (TPSA) is 61.4 Å². The number of amides is 1. The van der Waals surface area contributed by atoms with Crippen molar-refractivity contribution in [2.45, 2.75) is 59.2 Å². The van der Waals surface area contributed by atoms with E-state index >= 15 is 0 Å². The second kappa shape index (κ2) is 10.6. The van der Waals surface area contributed by atoms with Crippen LogP contribution < -0.4 is 10.6 Å². The molecule has 4 nitrogen and oxygen atoms in total. The minimum Gasteiger partial charge on any atom is -0.390 e. The summed E-state index contributed by atoms with van der Waals surface area (Å²) in [7, 11) is 0. The summed E-state index contributed by atoms with van der Waals surface area (Å²) >= 11 is 0.